The molecule has 1 aliphatic carbocycles. The second-order valence-electron chi connectivity index (χ2n) is 8.27. The largest absolute Gasteiger partial charge is 0.425 e. The van der Waals surface area contributed by atoms with Gasteiger partial charge in [0.15, 0.2) is 0 Å². The van der Waals surface area contributed by atoms with E-state index in [-0.39, 0.29) is 16.3 Å². The monoisotopic (exact) mass is 455 g/mol. The van der Waals surface area contributed by atoms with Crippen molar-refractivity contribution >= 4 is 27.0 Å². The fourth-order valence-electron chi connectivity index (χ4n) is 4.01. The summed E-state index contributed by atoms with van der Waals surface area (Å²) in [7, 11) is -3.89. The first-order valence-electron chi connectivity index (χ1n) is 10.6. The third-order valence-corrected chi connectivity index (χ3v) is 7.21. The Bertz CT molecular complexity index is 1360. The predicted molar refractivity (Wildman–Crippen MR) is 120 cm³/mol. The first-order valence-corrected chi connectivity index (χ1v) is 12.0. The molecule has 7 nitrogen and oxygen atoms in total. The summed E-state index contributed by atoms with van der Waals surface area (Å²) in [5.41, 5.74) is 3.17. The van der Waals surface area contributed by atoms with Crippen molar-refractivity contribution in [3.8, 4) is 5.75 Å². The second kappa shape index (κ2) is 8.52. The van der Waals surface area contributed by atoms with Gasteiger partial charge in [0.2, 0.25) is 10.0 Å². The van der Waals surface area contributed by atoms with Crippen LogP contribution >= 0.6 is 0 Å². The highest BCUT2D eigenvalue weighted by molar-refractivity contribution is 7.89. The van der Waals surface area contributed by atoms with E-state index in [1.165, 1.54) is 19.1 Å². The first kappa shape index (κ1) is 22.2. The van der Waals surface area contributed by atoms with Crippen molar-refractivity contribution in [3.63, 3.8) is 0 Å². The van der Waals surface area contributed by atoms with Gasteiger partial charge in [0.25, 0.3) is 0 Å². The average molecular weight is 456 g/mol. The van der Waals surface area contributed by atoms with Crippen LogP contribution in [-0.4, -0.2) is 20.4 Å². The van der Waals surface area contributed by atoms with E-state index < -0.39 is 22.0 Å². The Hall–Kier alpha value is -2.97. The fourth-order valence-corrected chi connectivity index (χ4v) is 5.20. The van der Waals surface area contributed by atoms with Crippen molar-refractivity contribution in [2.24, 2.45) is 0 Å². The fraction of sp³-hybridized carbons (Fsp3) is 0.333. The van der Waals surface area contributed by atoms with Gasteiger partial charge in [-0.25, -0.2) is 18.0 Å². The van der Waals surface area contributed by atoms with Crippen LogP contribution in [0.15, 0.2) is 50.5 Å². The van der Waals surface area contributed by atoms with E-state index in [4.69, 9.17) is 9.15 Å². The van der Waals surface area contributed by atoms with E-state index in [1.807, 2.05) is 6.92 Å². The van der Waals surface area contributed by atoms with Crippen LogP contribution in [0, 0.1) is 13.8 Å². The Labute approximate surface area is 186 Å². The Morgan fingerprint density at radius 3 is 2.38 bits per heavy atom. The van der Waals surface area contributed by atoms with Gasteiger partial charge in [0.05, 0.1) is 10.3 Å². The first-order chi connectivity index (χ1) is 15.2. The van der Waals surface area contributed by atoms with E-state index in [1.54, 1.807) is 31.2 Å². The zero-order chi connectivity index (χ0) is 23.0. The van der Waals surface area contributed by atoms with Crippen LogP contribution in [-0.2, 0) is 27.7 Å². The number of carbonyl (C=O) groups is 1. The Morgan fingerprint density at radius 1 is 1.03 bits per heavy atom. The van der Waals surface area contributed by atoms with Crippen molar-refractivity contribution in [3.05, 3.63) is 69.1 Å². The summed E-state index contributed by atoms with van der Waals surface area (Å²) in [4.78, 5) is 25.3. The summed E-state index contributed by atoms with van der Waals surface area (Å²) in [5, 5.41) is 0.604. The summed E-state index contributed by atoms with van der Waals surface area (Å²) in [6, 6.07) is 8.67. The van der Waals surface area contributed by atoms with Gasteiger partial charge < -0.3 is 9.15 Å². The van der Waals surface area contributed by atoms with Crippen LogP contribution in [0.4, 0.5) is 0 Å². The number of hydrogen-bond donors (Lipinski definition) is 1. The number of ether oxygens (including phenoxy) is 1. The van der Waals surface area contributed by atoms with E-state index in [0.717, 1.165) is 29.5 Å². The van der Waals surface area contributed by atoms with Crippen LogP contribution in [0.1, 0.15) is 42.0 Å². The van der Waals surface area contributed by atoms with E-state index in [0.29, 0.717) is 29.4 Å². The normalized spacial score (nSPS) is 14.7. The van der Waals surface area contributed by atoms with Crippen molar-refractivity contribution in [1.82, 2.24) is 4.72 Å². The van der Waals surface area contributed by atoms with Crippen molar-refractivity contribution in [1.29, 1.82) is 0 Å². The number of sulfonamides is 1. The lowest BCUT2D eigenvalue weighted by Crippen LogP contribution is -2.40. The molecule has 1 atom stereocenters. The summed E-state index contributed by atoms with van der Waals surface area (Å²) >= 11 is 0. The number of esters is 1. The molecule has 0 saturated heterocycles. The molecular weight excluding hydrogens is 430 g/mol. The van der Waals surface area contributed by atoms with Gasteiger partial charge in [-0.05, 0) is 81.8 Å². The molecule has 0 fully saturated rings. The zero-order valence-electron chi connectivity index (χ0n) is 18.2. The highest BCUT2D eigenvalue weighted by atomic mass is 32.2. The standard InChI is InChI=1S/C24H25NO6S/c1-14-8-10-17(11-9-14)32(28,29)25-16(3)23(26)30-20-12-15(2)13-21-22(20)18-6-4-5-7-19(18)24(27)31-21/h8-13,16,25H,4-7H2,1-3H3. The lowest BCUT2D eigenvalue weighted by molar-refractivity contribution is -0.135. The van der Waals surface area contributed by atoms with Gasteiger partial charge in [-0.3, -0.25) is 0 Å². The minimum absolute atomic E-state index is 0.0691. The number of rotatable bonds is 5. The van der Waals surface area contributed by atoms with Gasteiger partial charge in [-0.2, -0.15) is 4.72 Å². The number of benzene rings is 2. The third kappa shape index (κ3) is 4.33. The SMILES string of the molecule is Cc1ccc(S(=O)(=O)NC(C)C(=O)Oc2cc(C)cc3oc(=O)c4c(c23)CCCC4)cc1. The number of aryl methyl sites for hydroxylation is 3. The Morgan fingerprint density at radius 2 is 1.69 bits per heavy atom. The predicted octanol–water partition coefficient (Wildman–Crippen LogP) is 3.56. The molecule has 1 N–H and O–H groups in total. The van der Waals surface area contributed by atoms with Crippen molar-refractivity contribution < 1.29 is 22.4 Å². The summed E-state index contributed by atoms with van der Waals surface area (Å²) in [6.07, 6.45) is 3.16. The lowest BCUT2D eigenvalue weighted by Gasteiger charge is -2.19. The van der Waals surface area contributed by atoms with Crippen molar-refractivity contribution in [2.75, 3.05) is 0 Å². The molecule has 0 amide bonds. The van der Waals surface area contributed by atoms with Crippen LogP contribution in [0.25, 0.3) is 11.0 Å². The highest BCUT2D eigenvalue weighted by Gasteiger charge is 2.26. The van der Waals surface area contributed by atoms with Crippen LogP contribution in [0.5, 0.6) is 5.75 Å². The summed E-state index contributed by atoms with van der Waals surface area (Å²) in [6.45, 7) is 5.10. The quantitative estimate of drug-likeness (QED) is 0.359. The molecule has 1 aromatic heterocycles. The van der Waals surface area contributed by atoms with Gasteiger partial charge >= 0.3 is 11.6 Å². The van der Waals surface area contributed by atoms with E-state index in [2.05, 4.69) is 4.72 Å². The molecule has 1 heterocycles. The molecule has 2 aromatic carbocycles. The molecule has 0 radical (unpaired) electrons. The average Bonchev–Trinajstić information content (AvgIpc) is 2.73. The molecule has 1 aliphatic rings. The number of carbonyl (C=O) groups excluding carboxylic acids is 1. The minimum Gasteiger partial charge on any atom is -0.425 e. The molecule has 8 heteroatoms. The molecule has 0 bridgehead atoms. The molecule has 0 aliphatic heterocycles. The van der Waals surface area contributed by atoms with E-state index >= 15 is 0 Å². The van der Waals surface area contributed by atoms with Crippen molar-refractivity contribution in [2.45, 2.75) is 57.4 Å². The molecular formula is C24H25NO6S. The van der Waals surface area contributed by atoms with Gasteiger partial charge in [-0.15, -0.1) is 0 Å². The topological polar surface area (TPSA) is 103 Å². The summed E-state index contributed by atoms with van der Waals surface area (Å²) in [5.74, 6) is -0.475. The van der Waals surface area contributed by atoms with Gasteiger partial charge in [0, 0.05) is 5.56 Å². The van der Waals surface area contributed by atoms with Crippen LogP contribution in [0.3, 0.4) is 0 Å². The smallest absolute Gasteiger partial charge is 0.339 e. The molecule has 4 rings (SSSR count). The third-order valence-electron chi connectivity index (χ3n) is 5.66. The van der Waals surface area contributed by atoms with Gasteiger partial charge in [0.1, 0.15) is 17.4 Å². The lowest BCUT2D eigenvalue weighted by atomic mass is 9.90. The van der Waals surface area contributed by atoms with Crippen LogP contribution < -0.4 is 15.1 Å². The van der Waals surface area contributed by atoms with Crippen LogP contribution in [0.2, 0.25) is 0 Å². The molecule has 3 aromatic rings. The number of fused-ring (bicyclic) bond motifs is 3. The molecule has 1 unspecified atom stereocenters. The maximum atomic E-state index is 12.8. The molecule has 0 saturated carbocycles. The number of hydrogen-bond acceptors (Lipinski definition) is 6. The minimum atomic E-state index is -3.89. The van der Waals surface area contributed by atoms with E-state index in [9.17, 15) is 18.0 Å². The summed E-state index contributed by atoms with van der Waals surface area (Å²) < 4.78 is 38.8. The Kier molecular flexibility index (Phi) is 5.92. The molecule has 0 spiro atoms. The van der Waals surface area contributed by atoms with Gasteiger partial charge in [-0.1, -0.05) is 17.7 Å². The maximum Gasteiger partial charge on any atom is 0.339 e. The molecule has 32 heavy (non-hydrogen) atoms. The second-order valence-corrected chi connectivity index (χ2v) is 9.98. The maximum absolute atomic E-state index is 12.8. The molecule has 168 valence electrons. The zero-order valence-corrected chi connectivity index (χ0v) is 19.0. The number of nitrogens with one attached hydrogen (secondary N) is 1. The highest BCUT2D eigenvalue weighted by Crippen LogP contribution is 2.34. The Balaban J connectivity index is 1.65.